The van der Waals surface area contributed by atoms with Crippen LogP contribution in [0.3, 0.4) is 0 Å². The van der Waals surface area contributed by atoms with Gasteiger partial charge in [-0.2, -0.15) is 0 Å². The number of nitrogens with zero attached hydrogens (tertiary/aromatic N) is 4. The number of anilines is 6. The fourth-order valence-electron chi connectivity index (χ4n) is 20.0. The van der Waals surface area contributed by atoms with Gasteiger partial charge in [0.15, 0.2) is 0 Å². The second-order valence-electron chi connectivity index (χ2n) is 39.0. The minimum atomic E-state index is -0.161. The van der Waals surface area contributed by atoms with Crippen LogP contribution in [0.5, 0.6) is 0 Å². The number of hydrogen-bond donors (Lipinski definition) is 0. The van der Waals surface area contributed by atoms with Crippen LogP contribution in [0.1, 0.15) is 196 Å². The Labute approximate surface area is 636 Å². The van der Waals surface area contributed by atoms with Gasteiger partial charge in [0.25, 0.3) is 6.71 Å². The van der Waals surface area contributed by atoms with Crippen molar-refractivity contribution in [2.24, 2.45) is 0 Å². The van der Waals surface area contributed by atoms with Crippen LogP contribution in [-0.4, -0.2) is 15.8 Å². The molecule has 0 radical (unpaired) electrons. The molecule has 0 unspecified atom stereocenters. The molecule has 0 atom stereocenters. The van der Waals surface area contributed by atoms with Gasteiger partial charge in [-0.25, -0.2) is 0 Å². The van der Waals surface area contributed by atoms with E-state index in [1.165, 1.54) is 144 Å². The van der Waals surface area contributed by atoms with Crippen LogP contribution in [0.25, 0.3) is 88.4 Å². The third-order valence-electron chi connectivity index (χ3n) is 25.3. The SMILES string of the molecule is CC(C)(C)c1ccc2c(c1)c1cc(C(C)(C)C)ccc1n2-c1ccc2c(c1)N(c1ccc(-c3ccc4c(c3)C(C)(C)CC4(C)C)cc1)c1cc(-n3c4ccc(C(C)(C)C)cc4c4cc(C(C)(C)C)ccc43)cc3c1B2c1ccc(-c2ccccc2)cc1N3c1ccc(-c2ccc3c(c2)C(C)(C)CC3(C)C)cc1. The first-order valence-electron chi connectivity index (χ1n) is 39.3. The van der Waals surface area contributed by atoms with Gasteiger partial charge in [0.2, 0.25) is 0 Å². The number of hydrogen-bond acceptors (Lipinski definition) is 2. The second-order valence-corrected chi connectivity index (χ2v) is 39.0. The molecule has 0 spiro atoms. The predicted octanol–water partition coefficient (Wildman–Crippen LogP) is 26.1. The molecule has 18 rings (SSSR count). The molecule has 2 aliphatic heterocycles. The van der Waals surface area contributed by atoms with E-state index < -0.39 is 0 Å². The van der Waals surface area contributed by atoms with Crippen LogP contribution in [0.15, 0.2) is 237 Å². The summed E-state index contributed by atoms with van der Waals surface area (Å²) in [5, 5.41) is 5.09. The molecule has 0 saturated carbocycles. The van der Waals surface area contributed by atoms with Crippen LogP contribution in [0.2, 0.25) is 0 Å². The van der Waals surface area contributed by atoms with E-state index in [2.05, 4.69) is 394 Å². The Bertz CT molecular complexity index is 5890. The van der Waals surface area contributed by atoms with Crippen molar-refractivity contribution in [1.29, 1.82) is 0 Å². The highest BCUT2D eigenvalue weighted by Crippen LogP contribution is 2.54. The lowest BCUT2D eigenvalue weighted by Crippen LogP contribution is -2.61. The Kier molecular flexibility index (Phi) is 14.9. The molecule has 534 valence electrons. The molecule has 0 saturated heterocycles. The molecule has 0 N–H and O–H groups in total. The van der Waals surface area contributed by atoms with Crippen molar-refractivity contribution in [2.75, 3.05) is 9.80 Å². The van der Waals surface area contributed by atoms with Crippen LogP contribution >= 0.6 is 0 Å². The summed E-state index contributed by atoms with van der Waals surface area (Å²) in [5.41, 5.74) is 36.4. The van der Waals surface area contributed by atoms with E-state index in [-0.39, 0.29) is 50.0 Å². The van der Waals surface area contributed by atoms with E-state index in [0.717, 1.165) is 52.7 Å². The summed E-state index contributed by atoms with van der Waals surface area (Å²) in [6.45, 7) is 47.3. The quantitative estimate of drug-likeness (QED) is 0.148. The molecule has 4 nitrogen and oxygen atoms in total. The van der Waals surface area contributed by atoms with E-state index in [4.69, 9.17) is 0 Å². The molecular weight excluding hydrogens is 1290 g/mol. The monoisotopic (exact) mass is 1390 g/mol. The summed E-state index contributed by atoms with van der Waals surface area (Å²) in [4.78, 5) is 5.29. The number of benzene rings is 12. The Morgan fingerprint density at radius 3 is 0.963 bits per heavy atom. The van der Waals surface area contributed by atoms with E-state index >= 15 is 0 Å². The summed E-state index contributed by atoms with van der Waals surface area (Å²) < 4.78 is 5.16. The lowest BCUT2D eigenvalue weighted by atomic mass is 9.33. The first-order chi connectivity index (χ1) is 50.5. The Morgan fingerprint density at radius 2 is 0.570 bits per heavy atom. The summed E-state index contributed by atoms with van der Waals surface area (Å²) in [6.07, 6.45) is 2.26. The van der Waals surface area contributed by atoms with E-state index in [1.54, 1.807) is 0 Å². The average Bonchev–Trinajstić information content (AvgIpc) is 0.936. The standard InChI is InChI=1S/C102H103BN4/c1-95(2,3)68-33-46-86-76(53-68)77-54-69(96(4,5)6)34-47-87(77)106(86)74-41-45-85-91(57-74)105(73-39-28-64(29-40-73)66-31-43-81-83(51-66)102(19,20)61-100(81,15)16)93-59-75(107-88-48-35-70(97(7,8)9)55-78(88)79-56-71(98(10,11)12)36-49-89(79)107)58-92-94(93)103(85)84-44-32-67(62-24-22-21-23-25-62)52-90(84)104(92)72-37-26-63(27-38-72)65-30-42-80-82(50-65)101(17,18)60-99(80,13)14/h21-59H,60-61H2,1-20H3. The van der Waals surface area contributed by atoms with Gasteiger partial charge in [-0.3, -0.25) is 0 Å². The maximum absolute atomic E-state index is 2.66. The first-order valence-corrected chi connectivity index (χ1v) is 39.3. The van der Waals surface area contributed by atoms with Crippen LogP contribution in [0.4, 0.5) is 34.1 Å². The van der Waals surface area contributed by atoms with Crippen LogP contribution in [0, 0.1) is 0 Å². The van der Waals surface area contributed by atoms with Crippen molar-refractivity contribution in [2.45, 2.75) is 195 Å². The van der Waals surface area contributed by atoms with Crippen molar-refractivity contribution in [1.82, 2.24) is 9.13 Å². The molecule has 0 bridgehead atoms. The van der Waals surface area contributed by atoms with Gasteiger partial charge in [-0.1, -0.05) is 272 Å². The minimum absolute atomic E-state index is 0.0376. The Balaban J connectivity index is 0.938. The zero-order chi connectivity index (χ0) is 74.9. The van der Waals surface area contributed by atoms with Gasteiger partial charge >= 0.3 is 0 Å². The molecular formula is C102H103BN4. The third-order valence-corrected chi connectivity index (χ3v) is 25.3. The third kappa shape index (κ3) is 11.0. The molecule has 12 aromatic carbocycles. The highest BCUT2D eigenvalue weighted by molar-refractivity contribution is 7.00. The van der Waals surface area contributed by atoms with Gasteiger partial charge in [0.05, 0.1) is 27.8 Å². The molecule has 5 heteroatoms. The molecule has 0 amide bonds. The largest absolute Gasteiger partial charge is 0.311 e. The fraction of sp³-hybridized carbons (Fsp3) is 0.294. The zero-order valence-corrected chi connectivity index (χ0v) is 66.8. The molecule has 0 fully saturated rings. The average molecular weight is 1400 g/mol. The lowest BCUT2D eigenvalue weighted by molar-refractivity contribution is 0.402. The summed E-state index contributed by atoms with van der Waals surface area (Å²) >= 11 is 0. The fourth-order valence-corrected chi connectivity index (χ4v) is 20.0. The van der Waals surface area contributed by atoms with Gasteiger partial charge < -0.3 is 18.9 Å². The van der Waals surface area contributed by atoms with Gasteiger partial charge in [0, 0.05) is 61.4 Å². The van der Waals surface area contributed by atoms with Crippen LogP contribution < -0.4 is 26.2 Å². The molecule has 14 aromatic rings. The van der Waals surface area contributed by atoms with E-state index in [9.17, 15) is 0 Å². The zero-order valence-electron chi connectivity index (χ0n) is 66.8. The smallest absolute Gasteiger partial charge is 0.252 e. The van der Waals surface area contributed by atoms with E-state index in [1.807, 2.05) is 0 Å². The molecule has 4 heterocycles. The highest BCUT2D eigenvalue weighted by atomic mass is 15.2. The number of rotatable bonds is 7. The highest BCUT2D eigenvalue weighted by Gasteiger charge is 2.47. The lowest BCUT2D eigenvalue weighted by Gasteiger charge is -2.44. The maximum Gasteiger partial charge on any atom is 0.252 e. The summed E-state index contributed by atoms with van der Waals surface area (Å²) in [6, 6.07) is 93.8. The number of aromatic nitrogens is 2. The van der Waals surface area contributed by atoms with Crippen molar-refractivity contribution in [3.8, 4) is 44.8 Å². The molecule has 2 aromatic heterocycles. The van der Waals surface area contributed by atoms with Crippen molar-refractivity contribution >= 4 is 101 Å². The van der Waals surface area contributed by atoms with Crippen LogP contribution in [-0.2, 0) is 43.3 Å². The molecule has 107 heavy (non-hydrogen) atoms. The summed E-state index contributed by atoms with van der Waals surface area (Å²) in [7, 11) is 0. The summed E-state index contributed by atoms with van der Waals surface area (Å²) in [5.74, 6) is 0. The minimum Gasteiger partial charge on any atom is -0.311 e. The van der Waals surface area contributed by atoms with E-state index in [0.29, 0.717) is 0 Å². The second kappa shape index (κ2) is 23.2. The molecule has 2 aliphatic carbocycles. The molecule has 4 aliphatic rings. The van der Waals surface area contributed by atoms with Crippen molar-refractivity contribution < 1.29 is 0 Å². The Morgan fingerprint density at radius 1 is 0.262 bits per heavy atom. The van der Waals surface area contributed by atoms with Gasteiger partial charge in [0.1, 0.15) is 0 Å². The normalized spacial score (nSPS) is 16.2. The van der Waals surface area contributed by atoms with Gasteiger partial charge in [-0.15, -0.1) is 0 Å². The number of fused-ring (bicyclic) bond motifs is 12. The van der Waals surface area contributed by atoms with Crippen molar-refractivity contribution in [3.05, 3.63) is 281 Å². The predicted molar refractivity (Wildman–Crippen MR) is 462 cm³/mol. The Hall–Kier alpha value is -10.1. The topological polar surface area (TPSA) is 16.3 Å². The van der Waals surface area contributed by atoms with Crippen molar-refractivity contribution in [3.63, 3.8) is 0 Å². The first kappa shape index (κ1) is 68.7. The van der Waals surface area contributed by atoms with Gasteiger partial charge in [-0.05, 0) is 254 Å². The maximum atomic E-state index is 2.66.